The smallest absolute Gasteiger partial charge is 0.311 e. The molecule has 0 radical (unpaired) electrons. The lowest BCUT2D eigenvalue weighted by Crippen LogP contribution is -2.08. The summed E-state index contributed by atoms with van der Waals surface area (Å²) >= 11 is 12.0. The second-order valence-electron chi connectivity index (χ2n) is 3.26. The van der Waals surface area contributed by atoms with E-state index in [0.29, 0.717) is 0 Å². The van der Waals surface area contributed by atoms with Gasteiger partial charge in [0, 0.05) is 6.42 Å². The van der Waals surface area contributed by atoms with Crippen LogP contribution in [0.5, 0.6) is 17.2 Å². The number of hydrogen-bond donors (Lipinski definition) is 1. The molecule has 0 aliphatic heterocycles. The fraction of sp³-hybridized carbons (Fsp3) is 0.364. The molecule has 0 aromatic heterocycles. The zero-order valence-electron chi connectivity index (χ0n) is 10.2. The fourth-order valence-corrected chi connectivity index (χ4v) is 1.87. The van der Waals surface area contributed by atoms with Crippen molar-refractivity contribution in [2.24, 2.45) is 0 Å². The average molecular weight is 294 g/mol. The Morgan fingerprint density at radius 2 is 1.67 bits per heavy atom. The normalized spacial score (nSPS) is 10.1. The fourth-order valence-electron chi connectivity index (χ4n) is 1.30. The molecule has 0 aliphatic rings. The number of benzene rings is 1. The van der Waals surface area contributed by atoms with E-state index in [4.69, 9.17) is 43.1 Å². The van der Waals surface area contributed by atoms with Crippen molar-refractivity contribution in [3.8, 4) is 17.2 Å². The first-order chi connectivity index (χ1) is 8.47. The van der Waals surface area contributed by atoms with Crippen LogP contribution in [0.25, 0.3) is 0 Å². The van der Waals surface area contributed by atoms with Gasteiger partial charge in [0.15, 0.2) is 17.2 Å². The van der Waals surface area contributed by atoms with Gasteiger partial charge in [0.05, 0.1) is 14.2 Å². The SMILES string of the molecule is CCC(=O)Oc1c(Cl)c(N)c(OC)c(OC)c1Cl. The van der Waals surface area contributed by atoms with Gasteiger partial charge in [0.1, 0.15) is 15.7 Å². The van der Waals surface area contributed by atoms with E-state index in [1.54, 1.807) is 6.92 Å². The van der Waals surface area contributed by atoms with Crippen molar-refractivity contribution in [2.75, 3.05) is 20.0 Å². The van der Waals surface area contributed by atoms with Gasteiger partial charge in [-0.15, -0.1) is 0 Å². The Balaban J connectivity index is 3.44. The number of halogens is 2. The number of nitrogen functional groups attached to an aromatic ring is 1. The zero-order valence-corrected chi connectivity index (χ0v) is 11.7. The highest BCUT2D eigenvalue weighted by atomic mass is 35.5. The van der Waals surface area contributed by atoms with Crippen LogP contribution in [-0.2, 0) is 4.79 Å². The molecule has 1 aromatic rings. The van der Waals surface area contributed by atoms with Gasteiger partial charge in [-0.3, -0.25) is 4.79 Å². The van der Waals surface area contributed by atoms with Crippen molar-refractivity contribution in [1.29, 1.82) is 0 Å². The molecule has 1 rings (SSSR count). The number of hydrogen-bond acceptors (Lipinski definition) is 5. The van der Waals surface area contributed by atoms with Crippen LogP contribution in [0.2, 0.25) is 10.0 Å². The number of carbonyl (C=O) groups excluding carboxylic acids is 1. The van der Waals surface area contributed by atoms with Gasteiger partial charge in [-0.05, 0) is 0 Å². The van der Waals surface area contributed by atoms with Gasteiger partial charge in [-0.25, -0.2) is 0 Å². The summed E-state index contributed by atoms with van der Waals surface area (Å²) in [6, 6.07) is 0. The predicted molar refractivity (Wildman–Crippen MR) is 69.9 cm³/mol. The third-order valence-corrected chi connectivity index (χ3v) is 2.92. The summed E-state index contributed by atoms with van der Waals surface area (Å²) in [6.07, 6.45) is 0.181. The standard InChI is InChI=1S/C11H13Cl2NO4/c1-4-5(15)18-9-6(12)8(14)11(17-3)10(16-2)7(9)13/h4,14H2,1-3H3. The first kappa shape index (κ1) is 14.7. The molecule has 5 nitrogen and oxygen atoms in total. The molecule has 0 saturated carbocycles. The second kappa shape index (κ2) is 6.02. The summed E-state index contributed by atoms with van der Waals surface area (Å²) in [6.45, 7) is 1.65. The number of methoxy groups -OCH3 is 2. The van der Waals surface area contributed by atoms with Gasteiger partial charge >= 0.3 is 5.97 Å². The molecule has 0 saturated heterocycles. The van der Waals surface area contributed by atoms with E-state index < -0.39 is 5.97 Å². The number of rotatable bonds is 4. The number of anilines is 1. The highest BCUT2D eigenvalue weighted by molar-refractivity contribution is 6.40. The van der Waals surface area contributed by atoms with Crippen molar-refractivity contribution in [2.45, 2.75) is 13.3 Å². The molecular weight excluding hydrogens is 281 g/mol. The minimum Gasteiger partial charge on any atom is -0.491 e. The molecule has 2 N–H and O–H groups in total. The lowest BCUT2D eigenvalue weighted by Gasteiger charge is -2.16. The van der Waals surface area contributed by atoms with E-state index >= 15 is 0 Å². The van der Waals surface area contributed by atoms with Crippen molar-refractivity contribution < 1.29 is 19.0 Å². The molecule has 0 bridgehead atoms. The van der Waals surface area contributed by atoms with E-state index in [2.05, 4.69) is 0 Å². The topological polar surface area (TPSA) is 70.8 Å². The quantitative estimate of drug-likeness (QED) is 0.525. The summed E-state index contributed by atoms with van der Waals surface area (Å²) in [5.41, 5.74) is 5.87. The molecular formula is C11H13Cl2NO4. The largest absolute Gasteiger partial charge is 0.491 e. The molecule has 0 fully saturated rings. The van der Waals surface area contributed by atoms with Crippen LogP contribution in [0, 0.1) is 0 Å². The van der Waals surface area contributed by atoms with Gasteiger partial charge in [0.2, 0.25) is 0 Å². The molecule has 1 aromatic carbocycles. The molecule has 0 unspecified atom stereocenters. The molecule has 0 spiro atoms. The van der Waals surface area contributed by atoms with Crippen LogP contribution in [0.15, 0.2) is 0 Å². The predicted octanol–water partition coefficient (Wildman–Crippen LogP) is 2.91. The Morgan fingerprint density at radius 3 is 2.11 bits per heavy atom. The third-order valence-electron chi connectivity index (χ3n) is 2.20. The van der Waals surface area contributed by atoms with Crippen LogP contribution >= 0.6 is 23.2 Å². The van der Waals surface area contributed by atoms with Gasteiger partial charge in [-0.2, -0.15) is 0 Å². The Hall–Kier alpha value is -1.33. The second-order valence-corrected chi connectivity index (χ2v) is 4.02. The van der Waals surface area contributed by atoms with Crippen molar-refractivity contribution in [3.63, 3.8) is 0 Å². The third kappa shape index (κ3) is 2.57. The Morgan fingerprint density at radius 1 is 1.11 bits per heavy atom. The molecule has 18 heavy (non-hydrogen) atoms. The zero-order chi connectivity index (χ0) is 13.9. The highest BCUT2D eigenvalue weighted by Crippen LogP contribution is 2.51. The Kier molecular flexibility index (Phi) is 4.93. The maximum atomic E-state index is 11.3. The number of ether oxygens (including phenoxy) is 3. The molecule has 7 heteroatoms. The Bertz CT molecular complexity index is 477. The van der Waals surface area contributed by atoms with E-state index in [0.717, 1.165) is 0 Å². The molecule has 0 amide bonds. The van der Waals surface area contributed by atoms with Crippen LogP contribution in [-0.4, -0.2) is 20.2 Å². The monoisotopic (exact) mass is 293 g/mol. The van der Waals surface area contributed by atoms with E-state index in [9.17, 15) is 4.79 Å². The summed E-state index contributed by atoms with van der Waals surface area (Å²) in [4.78, 5) is 11.3. The lowest BCUT2D eigenvalue weighted by atomic mass is 10.2. The minimum atomic E-state index is -0.481. The first-order valence-electron chi connectivity index (χ1n) is 5.06. The van der Waals surface area contributed by atoms with Crippen LogP contribution in [0.4, 0.5) is 5.69 Å². The molecule has 0 atom stereocenters. The summed E-state index contributed by atoms with van der Waals surface area (Å²) < 4.78 is 15.2. The summed E-state index contributed by atoms with van der Waals surface area (Å²) in [5.74, 6) is -0.144. The van der Waals surface area contributed by atoms with Gasteiger partial charge < -0.3 is 19.9 Å². The van der Waals surface area contributed by atoms with Gasteiger partial charge in [-0.1, -0.05) is 30.1 Å². The van der Waals surface area contributed by atoms with Crippen molar-refractivity contribution in [3.05, 3.63) is 10.0 Å². The number of nitrogens with two attached hydrogens (primary N) is 1. The van der Waals surface area contributed by atoms with Crippen LogP contribution < -0.4 is 19.9 Å². The average Bonchev–Trinajstić information content (AvgIpc) is 2.38. The molecule has 0 heterocycles. The first-order valence-corrected chi connectivity index (χ1v) is 5.82. The summed E-state index contributed by atoms with van der Waals surface area (Å²) in [5, 5.41) is 0.0507. The van der Waals surface area contributed by atoms with Crippen LogP contribution in [0.1, 0.15) is 13.3 Å². The van der Waals surface area contributed by atoms with Crippen molar-refractivity contribution in [1.82, 2.24) is 0 Å². The van der Waals surface area contributed by atoms with E-state index in [1.807, 2.05) is 0 Å². The van der Waals surface area contributed by atoms with E-state index in [-0.39, 0.29) is 39.4 Å². The molecule has 100 valence electrons. The number of carbonyl (C=O) groups is 1. The number of esters is 1. The van der Waals surface area contributed by atoms with Crippen LogP contribution in [0.3, 0.4) is 0 Å². The van der Waals surface area contributed by atoms with Crippen molar-refractivity contribution >= 4 is 34.9 Å². The molecule has 0 aliphatic carbocycles. The summed E-state index contributed by atoms with van der Waals surface area (Å²) in [7, 11) is 2.79. The maximum absolute atomic E-state index is 11.3. The lowest BCUT2D eigenvalue weighted by molar-refractivity contribution is -0.134. The minimum absolute atomic E-state index is 0.0134. The maximum Gasteiger partial charge on any atom is 0.311 e. The highest BCUT2D eigenvalue weighted by Gasteiger charge is 2.24. The Labute approximate surface area is 115 Å². The van der Waals surface area contributed by atoms with Gasteiger partial charge in [0.25, 0.3) is 0 Å². The van der Waals surface area contributed by atoms with E-state index in [1.165, 1.54) is 14.2 Å².